The van der Waals surface area contributed by atoms with E-state index in [2.05, 4.69) is 6.07 Å². The molecule has 2 N–H and O–H groups in total. The van der Waals surface area contributed by atoms with Gasteiger partial charge in [0.15, 0.2) is 11.5 Å². The van der Waals surface area contributed by atoms with Gasteiger partial charge in [0.2, 0.25) is 0 Å². The fourth-order valence-corrected chi connectivity index (χ4v) is 2.04. The van der Waals surface area contributed by atoms with Gasteiger partial charge in [0.25, 0.3) is 0 Å². The number of nitriles is 1. The molecule has 21 heavy (non-hydrogen) atoms. The molecule has 0 radical (unpaired) electrons. The Hall–Kier alpha value is -2.22. The van der Waals surface area contributed by atoms with Crippen LogP contribution in [-0.2, 0) is 0 Å². The number of hydrogen-bond acceptors (Lipinski definition) is 4. The molecule has 0 bridgehead atoms. The number of rotatable bonds is 5. The summed E-state index contributed by atoms with van der Waals surface area (Å²) >= 11 is 5.88. The zero-order chi connectivity index (χ0) is 15.2. The lowest BCUT2D eigenvalue weighted by atomic mass is 10.1. The molecule has 2 aromatic carbocycles. The summed E-state index contributed by atoms with van der Waals surface area (Å²) in [5, 5.41) is 9.56. The molecule has 2 rings (SSSR count). The van der Waals surface area contributed by atoms with Crippen LogP contribution in [0.15, 0.2) is 42.5 Å². The SMILES string of the molecule is COc1cc(C#N)ccc1OC(CN)c1ccc(Cl)cc1. The fraction of sp³-hybridized carbons (Fsp3) is 0.188. The summed E-state index contributed by atoms with van der Waals surface area (Å²) in [6, 6.07) is 14.4. The Kier molecular flexibility index (Phi) is 5.04. The van der Waals surface area contributed by atoms with Gasteiger partial charge in [-0.2, -0.15) is 5.26 Å². The van der Waals surface area contributed by atoms with Gasteiger partial charge in [-0.15, -0.1) is 0 Å². The molecule has 1 atom stereocenters. The van der Waals surface area contributed by atoms with E-state index in [0.717, 1.165) is 5.56 Å². The lowest BCUT2D eigenvalue weighted by Gasteiger charge is -2.19. The number of ether oxygens (including phenoxy) is 2. The first-order chi connectivity index (χ1) is 10.2. The number of hydrogen-bond donors (Lipinski definition) is 1. The molecule has 5 heteroatoms. The number of halogens is 1. The van der Waals surface area contributed by atoms with Crippen molar-refractivity contribution in [1.82, 2.24) is 0 Å². The maximum atomic E-state index is 8.90. The molecule has 2 aromatic rings. The summed E-state index contributed by atoms with van der Waals surface area (Å²) < 4.78 is 11.2. The van der Waals surface area contributed by atoms with Gasteiger partial charge in [-0.3, -0.25) is 0 Å². The Morgan fingerprint density at radius 3 is 2.48 bits per heavy atom. The highest BCUT2D eigenvalue weighted by atomic mass is 35.5. The molecule has 108 valence electrons. The molecular weight excluding hydrogens is 288 g/mol. The van der Waals surface area contributed by atoms with Crippen molar-refractivity contribution < 1.29 is 9.47 Å². The summed E-state index contributed by atoms with van der Waals surface area (Å²) in [5.74, 6) is 1.04. The lowest BCUT2D eigenvalue weighted by molar-refractivity contribution is 0.204. The van der Waals surface area contributed by atoms with Crippen LogP contribution in [0.25, 0.3) is 0 Å². The van der Waals surface area contributed by atoms with Gasteiger partial charge in [-0.05, 0) is 29.8 Å². The largest absolute Gasteiger partial charge is 0.493 e. The maximum absolute atomic E-state index is 8.90. The van der Waals surface area contributed by atoms with E-state index in [0.29, 0.717) is 28.6 Å². The average Bonchev–Trinajstić information content (AvgIpc) is 2.53. The Bertz CT molecular complexity index is 650. The highest BCUT2D eigenvalue weighted by molar-refractivity contribution is 6.30. The van der Waals surface area contributed by atoms with Crippen molar-refractivity contribution in [2.45, 2.75) is 6.10 Å². The molecular formula is C16H15ClN2O2. The Balaban J connectivity index is 2.26. The van der Waals surface area contributed by atoms with E-state index >= 15 is 0 Å². The summed E-state index contributed by atoms with van der Waals surface area (Å²) in [6.45, 7) is 0.310. The molecule has 0 saturated heterocycles. The van der Waals surface area contributed by atoms with Gasteiger partial charge in [0.1, 0.15) is 6.10 Å². The molecule has 0 aliphatic rings. The first-order valence-corrected chi connectivity index (χ1v) is 6.76. The normalized spacial score (nSPS) is 11.5. The van der Waals surface area contributed by atoms with Gasteiger partial charge in [-0.1, -0.05) is 23.7 Å². The maximum Gasteiger partial charge on any atom is 0.162 e. The third kappa shape index (κ3) is 3.66. The van der Waals surface area contributed by atoms with Crippen LogP contribution in [0.3, 0.4) is 0 Å². The molecule has 0 fully saturated rings. The molecule has 0 spiro atoms. The smallest absolute Gasteiger partial charge is 0.162 e. The van der Waals surface area contributed by atoms with Crippen molar-refractivity contribution in [3.05, 3.63) is 58.6 Å². The van der Waals surface area contributed by atoms with Crippen molar-refractivity contribution in [3.8, 4) is 17.6 Å². The fourth-order valence-electron chi connectivity index (χ4n) is 1.92. The second-order valence-electron chi connectivity index (χ2n) is 4.37. The second kappa shape index (κ2) is 6.98. The van der Waals surface area contributed by atoms with E-state index in [1.165, 1.54) is 7.11 Å². The van der Waals surface area contributed by atoms with Crippen molar-refractivity contribution in [2.24, 2.45) is 5.73 Å². The molecule has 0 heterocycles. The van der Waals surface area contributed by atoms with Gasteiger partial charge >= 0.3 is 0 Å². The van der Waals surface area contributed by atoms with E-state index in [9.17, 15) is 0 Å². The van der Waals surface area contributed by atoms with Crippen LogP contribution in [0.1, 0.15) is 17.2 Å². The van der Waals surface area contributed by atoms with Crippen molar-refractivity contribution >= 4 is 11.6 Å². The third-order valence-corrected chi connectivity index (χ3v) is 3.27. The Morgan fingerprint density at radius 1 is 1.19 bits per heavy atom. The number of methoxy groups -OCH3 is 1. The number of nitrogens with zero attached hydrogens (tertiary/aromatic N) is 1. The van der Waals surface area contributed by atoms with Crippen molar-refractivity contribution in [1.29, 1.82) is 5.26 Å². The van der Waals surface area contributed by atoms with Gasteiger partial charge < -0.3 is 15.2 Å². The molecule has 1 unspecified atom stereocenters. The molecule has 0 aromatic heterocycles. The summed E-state index contributed by atoms with van der Waals surface area (Å²) in [7, 11) is 1.53. The van der Waals surface area contributed by atoms with Crippen LogP contribution in [0.2, 0.25) is 5.02 Å². The van der Waals surface area contributed by atoms with Crippen LogP contribution < -0.4 is 15.2 Å². The number of benzene rings is 2. The topological polar surface area (TPSA) is 68.3 Å². The van der Waals surface area contributed by atoms with Crippen LogP contribution in [0, 0.1) is 11.3 Å². The predicted molar refractivity (Wildman–Crippen MR) is 81.6 cm³/mol. The first kappa shape index (κ1) is 15.2. The van der Waals surface area contributed by atoms with E-state index in [1.54, 1.807) is 30.3 Å². The Morgan fingerprint density at radius 2 is 1.90 bits per heavy atom. The van der Waals surface area contributed by atoms with Gasteiger partial charge in [-0.25, -0.2) is 0 Å². The van der Waals surface area contributed by atoms with Crippen molar-refractivity contribution in [2.75, 3.05) is 13.7 Å². The minimum absolute atomic E-state index is 0.310. The molecule has 4 nitrogen and oxygen atoms in total. The number of nitrogens with two attached hydrogens (primary N) is 1. The van der Waals surface area contributed by atoms with E-state index in [4.69, 9.17) is 32.1 Å². The van der Waals surface area contributed by atoms with Crippen LogP contribution >= 0.6 is 11.6 Å². The lowest BCUT2D eigenvalue weighted by Crippen LogP contribution is -2.18. The first-order valence-electron chi connectivity index (χ1n) is 6.38. The van der Waals surface area contributed by atoms with Gasteiger partial charge in [0, 0.05) is 17.6 Å². The van der Waals surface area contributed by atoms with Crippen LogP contribution in [0.5, 0.6) is 11.5 Å². The van der Waals surface area contributed by atoms with Crippen LogP contribution in [0.4, 0.5) is 0 Å². The summed E-state index contributed by atoms with van der Waals surface area (Å²) in [6.07, 6.45) is -0.316. The predicted octanol–water partition coefficient (Wildman–Crippen LogP) is 3.30. The summed E-state index contributed by atoms with van der Waals surface area (Å²) in [5.41, 5.74) is 7.22. The Labute approximate surface area is 128 Å². The summed E-state index contributed by atoms with van der Waals surface area (Å²) in [4.78, 5) is 0. The monoisotopic (exact) mass is 302 g/mol. The standard InChI is InChI=1S/C16H15ClN2O2/c1-20-15-8-11(9-18)2-7-14(15)21-16(10-19)12-3-5-13(17)6-4-12/h2-8,16H,10,19H2,1H3. The van der Waals surface area contributed by atoms with Crippen LogP contribution in [-0.4, -0.2) is 13.7 Å². The second-order valence-corrected chi connectivity index (χ2v) is 4.81. The molecule has 0 aliphatic heterocycles. The third-order valence-electron chi connectivity index (χ3n) is 3.02. The average molecular weight is 303 g/mol. The van der Waals surface area contributed by atoms with E-state index in [-0.39, 0.29) is 6.10 Å². The van der Waals surface area contributed by atoms with E-state index in [1.807, 2.05) is 12.1 Å². The molecule has 0 aliphatic carbocycles. The minimum Gasteiger partial charge on any atom is -0.493 e. The zero-order valence-corrected chi connectivity index (χ0v) is 12.3. The van der Waals surface area contributed by atoms with E-state index < -0.39 is 0 Å². The molecule has 0 amide bonds. The quantitative estimate of drug-likeness (QED) is 0.920. The van der Waals surface area contributed by atoms with Gasteiger partial charge in [0.05, 0.1) is 18.7 Å². The minimum atomic E-state index is -0.316. The molecule has 0 saturated carbocycles. The van der Waals surface area contributed by atoms with Crippen molar-refractivity contribution in [3.63, 3.8) is 0 Å². The zero-order valence-electron chi connectivity index (χ0n) is 11.5. The highest BCUT2D eigenvalue weighted by Crippen LogP contribution is 2.32. The highest BCUT2D eigenvalue weighted by Gasteiger charge is 2.14.